The molecule has 0 radical (unpaired) electrons. The van der Waals surface area contributed by atoms with Crippen molar-refractivity contribution in [3.8, 4) is 0 Å². The predicted molar refractivity (Wildman–Crippen MR) is 108 cm³/mol. The summed E-state index contributed by atoms with van der Waals surface area (Å²) >= 11 is 0. The Balaban J connectivity index is 1.56. The lowest BCUT2D eigenvalue weighted by Gasteiger charge is -2.08. The maximum atomic E-state index is 12.1. The van der Waals surface area contributed by atoms with E-state index in [0.717, 1.165) is 12.5 Å². The monoisotopic (exact) mass is 409 g/mol. The third-order valence-corrected chi connectivity index (χ3v) is 4.01. The van der Waals surface area contributed by atoms with Crippen LogP contribution < -0.4 is 10.7 Å². The zero-order valence-corrected chi connectivity index (χ0v) is 16.2. The SMILES string of the molecule is CCCOC(=O)c1ccc(NC(=O)COC(=O)c2cc(=O)c3ccccc3o2)cc1. The van der Waals surface area contributed by atoms with Gasteiger partial charge in [-0.2, -0.15) is 0 Å². The summed E-state index contributed by atoms with van der Waals surface area (Å²) in [6, 6.07) is 13.6. The first-order valence-electron chi connectivity index (χ1n) is 9.25. The average molecular weight is 409 g/mol. The zero-order valence-electron chi connectivity index (χ0n) is 16.2. The van der Waals surface area contributed by atoms with Gasteiger partial charge in [-0.1, -0.05) is 19.1 Å². The fraction of sp³-hybridized carbons (Fsp3) is 0.182. The van der Waals surface area contributed by atoms with E-state index in [4.69, 9.17) is 13.9 Å². The fourth-order valence-electron chi connectivity index (χ4n) is 2.57. The highest BCUT2D eigenvalue weighted by atomic mass is 16.5. The highest BCUT2D eigenvalue weighted by Gasteiger charge is 2.15. The van der Waals surface area contributed by atoms with Crippen LogP contribution in [0.2, 0.25) is 0 Å². The van der Waals surface area contributed by atoms with Crippen molar-refractivity contribution < 1.29 is 28.3 Å². The summed E-state index contributed by atoms with van der Waals surface area (Å²) < 4.78 is 15.3. The summed E-state index contributed by atoms with van der Waals surface area (Å²) in [7, 11) is 0. The molecule has 8 nitrogen and oxygen atoms in total. The Hall–Kier alpha value is -3.94. The second-order valence-electron chi connectivity index (χ2n) is 6.31. The molecule has 2 aromatic carbocycles. The average Bonchev–Trinajstić information content (AvgIpc) is 2.76. The van der Waals surface area contributed by atoms with Gasteiger partial charge in [-0.15, -0.1) is 0 Å². The van der Waals surface area contributed by atoms with E-state index in [1.807, 2.05) is 6.92 Å². The topological polar surface area (TPSA) is 112 Å². The van der Waals surface area contributed by atoms with Crippen molar-refractivity contribution in [2.75, 3.05) is 18.5 Å². The molecule has 0 unspecified atom stereocenters. The lowest BCUT2D eigenvalue weighted by atomic mass is 10.2. The molecule has 0 fully saturated rings. The van der Waals surface area contributed by atoms with Crippen LogP contribution in [0.1, 0.15) is 34.3 Å². The number of amides is 1. The van der Waals surface area contributed by atoms with Crippen LogP contribution in [0.25, 0.3) is 11.0 Å². The van der Waals surface area contributed by atoms with E-state index in [9.17, 15) is 19.2 Å². The molecule has 30 heavy (non-hydrogen) atoms. The number of hydrogen-bond acceptors (Lipinski definition) is 7. The van der Waals surface area contributed by atoms with Crippen molar-refractivity contribution >= 4 is 34.5 Å². The molecule has 0 saturated heterocycles. The molecule has 0 aliphatic carbocycles. The number of esters is 2. The molecule has 0 saturated carbocycles. The third-order valence-electron chi connectivity index (χ3n) is 4.01. The first-order chi connectivity index (χ1) is 14.5. The van der Waals surface area contributed by atoms with Crippen molar-refractivity contribution in [3.63, 3.8) is 0 Å². The van der Waals surface area contributed by atoms with Gasteiger partial charge in [-0.05, 0) is 42.8 Å². The van der Waals surface area contributed by atoms with Gasteiger partial charge < -0.3 is 19.2 Å². The number of carbonyl (C=O) groups is 3. The summed E-state index contributed by atoms with van der Waals surface area (Å²) in [6.45, 7) is 1.65. The highest BCUT2D eigenvalue weighted by Crippen LogP contribution is 2.13. The molecule has 0 aliphatic heterocycles. The molecular formula is C22H19NO7. The van der Waals surface area contributed by atoms with E-state index in [2.05, 4.69) is 5.32 Å². The molecule has 0 bridgehead atoms. The molecule has 1 N–H and O–H groups in total. The molecule has 1 heterocycles. The minimum absolute atomic E-state index is 0.249. The van der Waals surface area contributed by atoms with Gasteiger partial charge in [0, 0.05) is 11.8 Å². The predicted octanol–water partition coefficient (Wildman–Crippen LogP) is 3.16. The summed E-state index contributed by atoms with van der Waals surface area (Å²) in [5, 5.41) is 2.88. The number of para-hydroxylation sites is 1. The highest BCUT2D eigenvalue weighted by molar-refractivity contribution is 5.96. The summed E-state index contributed by atoms with van der Waals surface area (Å²) in [5.74, 6) is -2.25. The molecule has 1 amide bonds. The molecule has 8 heteroatoms. The molecule has 0 spiro atoms. The summed E-state index contributed by atoms with van der Waals surface area (Å²) in [4.78, 5) is 47.9. The van der Waals surface area contributed by atoms with Crippen molar-refractivity contribution in [1.82, 2.24) is 0 Å². The smallest absolute Gasteiger partial charge is 0.374 e. The maximum absolute atomic E-state index is 12.1. The van der Waals surface area contributed by atoms with Crippen molar-refractivity contribution in [1.29, 1.82) is 0 Å². The molecule has 3 aromatic rings. The summed E-state index contributed by atoms with van der Waals surface area (Å²) in [6.07, 6.45) is 0.723. The number of fused-ring (bicyclic) bond motifs is 1. The Morgan fingerprint density at radius 3 is 2.43 bits per heavy atom. The van der Waals surface area contributed by atoms with Crippen molar-refractivity contribution in [2.45, 2.75) is 13.3 Å². The number of rotatable bonds is 7. The van der Waals surface area contributed by atoms with Gasteiger partial charge in [0.15, 0.2) is 12.0 Å². The Kier molecular flexibility index (Phi) is 6.59. The number of carbonyl (C=O) groups excluding carboxylic acids is 3. The Labute approximate surface area is 171 Å². The zero-order chi connectivity index (χ0) is 21.5. The number of ether oxygens (including phenoxy) is 2. The molecule has 1 aromatic heterocycles. The van der Waals surface area contributed by atoms with Crippen LogP contribution in [0.4, 0.5) is 5.69 Å². The fourth-order valence-corrected chi connectivity index (χ4v) is 2.57. The minimum Gasteiger partial charge on any atom is -0.462 e. The first-order valence-corrected chi connectivity index (χ1v) is 9.25. The Bertz CT molecular complexity index is 1130. The van der Waals surface area contributed by atoms with Gasteiger partial charge in [-0.25, -0.2) is 9.59 Å². The quantitative estimate of drug-likeness (QED) is 0.597. The summed E-state index contributed by atoms with van der Waals surface area (Å²) in [5.41, 5.74) is 0.643. The third kappa shape index (κ3) is 5.11. The van der Waals surface area contributed by atoms with E-state index in [-0.39, 0.29) is 16.8 Å². The minimum atomic E-state index is -0.929. The van der Waals surface area contributed by atoms with Gasteiger partial charge in [0.2, 0.25) is 5.76 Å². The second kappa shape index (κ2) is 9.51. The normalized spacial score (nSPS) is 10.4. The number of nitrogens with one attached hydrogen (secondary N) is 1. The van der Waals surface area contributed by atoms with Crippen LogP contribution in [0.15, 0.2) is 63.8 Å². The molecule has 0 atom stereocenters. The van der Waals surface area contributed by atoms with Crippen LogP contribution in [0.5, 0.6) is 0 Å². The van der Waals surface area contributed by atoms with Crippen LogP contribution in [0.3, 0.4) is 0 Å². The van der Waals surface area contributed by atoms with E-state index in [1.165, 1.54) is 24.3 Å². The van der Waals surface area contributed by atoms with Crippen LogP contribution in [-0.4, -0.2) is 31.1 Å². The van der Waals surface area contributed by atoms with Gasteiger partial charge in [-0.3, -0.25) is 9.59 Å². The molecule has 154 valence electrons. The van der Waals surface area contributed by atoms with E-state index < -0.39 is 24.5 Å². The van der Waals surface area contributed by atoms with Gasteiger partial charge in [0.25, 0.3) is 5.91 Å². The Morgan fingerprint density at radius 2 is 1.70 bits per heavy atom. The largest absolute Gasteiger partial charge is 0.462 e. The second-order valence-corrected chi connectivity index (χ2v) is 6.31. The standard InChI is InChI=1S/C22H19NO7/c1-2-11-28-21(26)14-7-9-15(10-8-14)23-20(25)13-29-22(27)19-12-17(24)16-5-3-4-6-18(16)30-19/h3-10,12H,2,11,13H2,1H3,(H,23,25). The van der Waals surface area contributed by atoms with E-state index in [1.54, 1.807) is 24.3 Å². The number of hydrogen-bond donors (Lipinski definition) is 1. The Morgan fingerprint density at radius 1 is 0.967 bits per heavy atom. The van der Waals surface area contributed by atoms with Gasteiger partial charge >= 0.3 is 11.9 Å². The van der Waals surface area contributed by atoms with E-state index >= 15 is 0 Å². The maximum Gasteiger partial charge on any atom is 0.374 e. The van der Waals surface area contributed by atoms with Gasteiger partial charge in [0.1, 0.15) is 5.58 Å². The van der Waals surface area contributed by atoms with Crippen molar-refractivity contribution in [2.24, 2.45) is 0 Å². The van der Waals surface area contributed by atoms with Crippen LogP contribution in [-0.2, 0) is 14.3 Å². The molecule has 0 aliphatic rings. The number of benzene rings is 2. The van der Waals surface area contributed by atoms with Crippen LogP contribution in [0, 0.1) is 0 Å². The lowest BCUT2D eigenvalue weighted by molar-refractivity contribution is -0.119. The first kappa shape index (κ1) is 20.8. The molecule has 3 rings (SSSR count). The lowest BCUT2D eigenvalue weighted by Crippen LogP contribution is -2.21. The van der Waals surface area contributed by atoms with Gasteiger partial charge in [0.05, 0.1) is 17.6 Å². The van der Waals surface area contributed by atoms with Crippen LogP contribution >= 0.6 is 0 Å². The van der Waals surface area contributed by atoms with E-state index in [0.29, 0.717) is 23.2 Å². The van der Waals surface area contributed by atoms with Crippen molar-refractivity contribution in [3.05, 3.63) is 76.1 Å². The molecular weight excluding hydrogens is 390 g/mol. The number of anilines is 1.